The van der Waals surface area contributed by atoms with Crippen molar-refractivity contribution in [3.63, 3.8) is 0 Å². The molecule has 1 aromatic carbocycles. The Bertz CT molecular complexity index is 524. The number of rotatable bonds is 4. The van der Waals surface area contributed by atoms with Crippen molar-refractivity contribution in [1.29, 1.82) is 0 Å². The molecular formula is C15H16BrNO3. The summed E-state index contributed by atoms with van der Waals surface area (Å²) in [5, 5.41) is 11.9. The number of carboxylic acid groups (broad SMARTS) is 1. The number of aliphatic carboxylic acids is 1. The fourth-order valence-electron chi connectivity index (χ4n) is 2.23. The molecule has 2 atom stereocenters. The fourth-order valence-corrected chi connectivity index (χ4v) is 2.50. The van der Waals surface area contributed by atoms with Gasteiger partial charge in [0.05, 0.1) is 0 Å². The number of allylic oxidation sites excluding steroid dienone is 2. The van der Waals surface area contributed by atoms with Crippen molar-refractivity contribution in [3.8, 4) is 0 Å². The van der Waals surface area contributed by atoms with Crippen LogP contribution in [0, 0.1) is 5.92 Å². The molecule has 2 rings (SSSR count). The third-order valence-electron chi connectivity index (χ3n) is 3.38. The number of carbonyl (C=O) groups excluding carboxylic acids is 1. The Morgan fingerprint density at radius 2 is 1.95 bits per heavy atom. The van der Waals surface area contributed by atoms with Crippen LogP contribution in [0.4, 0.5) is 0 Å². The van der Waals surface area contributed by atoms with E-state index in [1.54, 1.807) is 24.3 Å². The molecule has 1 amide bonds. The Hall–Kier alpha value is -1.62. The summed E-state index contributed by atoms with van der Waals surface area (Å²) in [6.45, 7) is 0. The van der Waals surface area contributed by atoms with Crippen LogP contribution in [0.1, 0.15) is 30.9 Å². The molecule has 0 saturated carbocycles. The highest BCUT2D eigenvalue weighted by Gasteiger charge is 2.26. The third-order valence-corrected chi connectivity index (χ3v) is 3.91. The van der Waals surface area contributed by atoms with Gasteiger partial charge in [0.25, 0.3) is 0 Å². The second-order valence-corrected chi connectivity index (χ2v) is 5.73. The largest absolute Gasteiger partial charge is 0.479 e. The molecule has 0 saturated heterocycles. The van der Waals surface area contributed by atoms with Crippen LogP contribution in [-0.4, -0.2) is 17.0 Å². The van der Waals surface area contributed by atoms with E-state index in [2.05, 4.69) is 21.2 Å². The average molecular weight is 338 g/mol. The number of hydrogen-bond acceptors (Lipinski definition) is 2. The van der Waals surface area contributed by atoms with E-state index < -0.39 is 12.0 Å². The van der Waals surface area contributed by atoms with Crippen molar-refractivity contribution in [3.05, 3.63) is 46.5 Å². The molecule has 0 aliphatic heterocycles. The highest BCUT2D eigenvalue weighted by molar-refractivity contribution is 9.10. The lowest BCUT2D eigenvalue weighted by Gasteiger charge is -2.21. The molecule has 1 aliphatic carbocycles. The van der Waals surface area contributed by atoms with Crippen LogP contribution in [0.25, 0.3) is 0 Å². The highest BCUT2D eigenvalue weighted by Crippen LogP contribution is 2.21. The number of nitrogens with one attached hydrogen (secondary N) is 1. The van der Waals surface area contributed by atoms with E-state index in [1.807, 2.05) is 12.2 Å². The minimum atomic E-state index is -1.05. The van der Waals surface area contributed by atoms with Gasteiger partial charge in [0.2, 0.25) is 5.91 Å². The normalized spacial score (nSPS) is 19.4. The van der Waals surface area contributed by atoms with Crippen molar-refractivity contribution in [2.75, 3.05) is 0 Å². The molecule has 4 nitrogen and oxygen atoms in total. The zero-order valence-corrected chi connectivity index (χ0v) is 12.5. The van der Waals surface area contributed by atoms with E-state index in [0.29, 0.717) is 12.0 Å². The number of benzene rings is 1. The van der Waals surface area contributed by atoms with Gasteiger partial charge < -0.3 is 10.4 Å². The summed E-state index contributed by atoms with van der Waals surface area (Å²) in [5.41, 5.74) is 0.570. The summed E-state index contributed by atoms with van der Waals surface area (Å²) in [6.07, 6.45) is 6.35. The standard InChI is InChI=1S/C15H16BrNO3/c16-12-8-6-10(7-9-12)13(15(19)20)17-14(18)11-4-2-1-3-5-11/h1-2,6-9,11,13H,3-5H2,(H,17,18)(H,19,20). The lowest BCUT2D eigenvalue weighted by molar-refractivity contribution is -0.142. The summed E-state index contributed by atoms with van der Waals surface area (Å²) < 4.78 is 0.870. The Labute approximate surface area is 126 Å². The molecule has 5 heteroatoms. The van der Waals surface area contributed by atoms with Gasteiger partial charge in [-0.3, -0.25) is 4.79 Å². The summed E-state index contributed by atoms with van der Waals surface area (Å²) >= 11 is 3.30. The van der Waals surface area contributed by atoms with Gasteiger partial charge in [0.1, 0.15) is 0 Å². The minimum Gasteiger partial charge on any atom is -0.479 e. The fraction of sp³-hybridized carbons (Fsp3) is 0.333. The number of amides is 1. The maximum Gasteiger partial charge on any atom is 0.330 e. The Kier molecular flexibility index (Phi) is 4.95. The number of halogens is 1. The van der Waals surface area contributed by atoms with E-state index in [-0.39, 0.29) is 11.8 Å². The quantitative estimate of drug-likeness (QED) is 0.830. The van der Waals surface area contributed by atoms with Crippen molar-refractivity contribution in [2.45, 2.75) is 25.3 Å². The maximum atomic E-state index is 12.1. The van der Waals surface area contributed by atoms with Crippen molar-refractivity contribution in [1.82, 2.24) is 5.32 Å². The Morgan fingerprint density at radius 1 is 1.25 bits per heavy atom. The van der Waals surface area contributed by atoms with Gasteiger partial charge >= 0.3 is 5.97 Å². The SMILES string of the molecule is O=C(NC(C(=O)O)c1ccc(Br)cc1)C1CC=CCC1. The van der Waals surface area contributed by atoms with E-state index >= 15 is 0 Å². The van der Waals surface area contributed by atoms with E-state index in [4.69, 9.17) is 0 Å². The summed E-state index contributed by atoms with van der Waals surface area (Å²) in [7, 11) is 0. The van der Waals surface area contributed by atoms with Gasteiger partial charge in [-0.05, 0) is 37.0 Å². The zero-order chi connectivity index (χ0) is 14.5. The highest BCUT2D eigenvalue weighted by atomic mass is 79.9. The topological polar surface area (TPSA) is 66.4 Å². The van der Waals surface area contributed by atoms with Crippen LogP contribution in [0.2, 0.25) is 0 Å². The van der Waals surface area contributed by atoms with E-state index in [1.165, 1.54) is 0 Å². The smallest absolute Gasteiger partial charge is 0.330 e. The first kappa shape index (κ1) is 14.8. The van der Waals surface area contributed by atoms with Gasteiger partial charge in [-0.25, -0.2) is 4.79 Å². The summed E-state index contributed by atoms with van der Waals surface area (Å²) in [4.78, 5) is 23.5. The summed E-state index contributed by atoms with van der Waals surface area (Å²) in [6, 6.07) is 5.93. The molecule has 0 radical (unpaired) electrons. The lowest BCUT2D eigenvalue weighted by atomic mass is 9.93. The van der Waals surface area contributed by atoms with Gasteiger partial charge in [-0.15, -0.1) is 0 Å². The molecule has 2 N–H and O–H groups in total. The lowest BCUT2D eigenvalue weighted by Crippen LogP contribution is -2.38. The second-order valence-electron chi connectivity index (χ2n) is 4.81. The van der Waals surface area contributed by atoms with Crippen molar-refractivity contribution >= 4 is 27.8 Å². The predicted octanol–water partition coefficient (Wildman–Crippen LogP) is 3.05. The number of hydrogen-bond donors (Lipinski definition) is 2. The van der Waals surface area contributed by atoms with Gasteiger partial charge in [0.15, 0.2) is 6.04 Å². The second kappa shape index (κ2) is 6.70. The third kappa shape index (κ3) is 3.70. The van der Waals surface area contributed by atoms with Crippen LogP contribution in [-0.2, 0) is 9.59 Å². The monoisotopic (exact) mass is 337 g/mol. The van der Waals surface area contributed by atoms with Crippen LogP contribution in [0.15, 0.2) is 40.9 Å². The molecule has 0 heterocycles. The Morgan fingerprint density at radius 3 is 2.50 bits per heavy atom. The predicted molar refractivity (Wildman–Crippen MR) is 79.1 cm³/mol. The first-order valence-electron chi connectivity index (χ1n) is 6.51. The van der Waals surface area contributed by atoms with Crippen LogP contribution in [0.5, 0.6) is 0 Å². The molecule has 2 unspecified atom stereocenters. The molecule has 0 bridgehead atoms. The molecule has 0 fully saturated rings. The van der Waals surface area contributed by atoms with Crippen molar-refractivity contribution < 1.29 is 14.7 Å². The molecule has 1 aromatic rings. The molecule has 1 aliphatic rings. The molecule has 106 valence electrons. The van der Waals surface area contributed by atoms with Crippen LogP contribution >= 0.6 is 15.9 Å². The van der Waals surface area contributed by atoms with E-state index in [9.17, 15) is 14.7 Å². The van der Waals surface area contributed by atoms with Gasteiger partial charge in [-0.2, -0.15) is 0 Å². The minimum absolute atomic E-state index is 0.128. The first-order chi connectivity index (χ1) is 9.58. The first-order valence-corrected chi connectivity index (χ1v) is 7.31. The van der Waals surface area contributed by atoms with Crippen LogP contribution < -0.4 is 5.32 Å². The average Bonchev–Trinajstić information content (AvgIpc) is 2.46. The van der Waals surface area contributed by atoms with E-state index in [0.717, 1.165) is 17.3 Å². The summed E-state index contributed by atoms with van der Waals surface area (Å²) in [5.74, 6) is -1.37. The molecule has 20 heavy (non-hydrogen) atoms. The van der Waals surface area contributed by atoms with Gasteiger partial charge in [0, 0.05) is 10.4 Å². The zero-order valence-electron chi connectivity index (χ0n) is 10.9. The van der Waals surface area contributed by atoms with Crippen LogP contribution in [0.3, 0.4) is 0 Å². The maximum absolute atomic E-state index is 12.1. The number of carboxylic acids is 1. The number of carbonyl (C=O) groups is 2. The molecule has 0 spiro atoms. The Balaban J connectivity index is 2.09. The molecular weight excluding hydrogens is 322 g/mol. The van der Waals surface area contributed by atoms with Gasteiger partial charge in [-0.1, -0.05) is 40.2 Å². The van der Waals surface area contributed by atoms with Crippen molar-refractivity contribution in [2.24, 2.45) is 5.92 Å². The molecule has 0 aromatic heterocycles.